The molecule has 1 aliphatic carbocycles. The third kappa shape index (κ3) is 6.11. The molecule has 0 saturated heterocycles. The highest BCUT2D eigenvalue weighted by Crippen LogP contribution is 2.45. The molecule has 180 valence electrons. The van der Waals surface area contributed by atoms with Crippen molar-refractivity contribution in [1.82, 2.24) is 0 Å². The molecule has 0 radical (unpaired) electrons. The van der Waals surface area contributed by atoms with Gasteiger partial charge in [0.25, 0.3) is 5.91 Å². The van der Waals surface area contributed by atoms with Gasteiger partial charge < -0.3 is 10.1 Å². The molecule has 0 aliphatic heterocycles. The number of benzene rings is 2. The second kappa shape index (κ2) is 10.6. The predicted octanol–water partition coefficient (Wildman–Crippen LogP) is 7.46. The second-order valence-corrected chi connectivity index (χ2v) is 11.2. The lowest BCUT2D eigenvalue weighted by Gasteiger charge is -2.33. The minimum Gasteiger partial charge on any atom is -0.479 e. The number of hydrogen-bond acceptors (Lipinski definition) is 5. The molecule has 5 nitrogen and oxygen atoms in total. The molecule has 1 aromatic heterocycles. The summed E-state index contributed by atoms with van der Waals surface area (Å²) in [5.74, 6) is 1.05. The first-order valence-electron chi connectivity index (χ1n) is 11.6. The van der Waals surface area contributed by atoms with Gasteiger partial charge in [-0.25, -0.2) is 4.99 Å². The molecule has 0 spiro atoms. The topological polar surface area (TPSA) is 74.5 Å². The first-order chi connectivity index (χ1) is 16.7. The van der Waals surface area contributed by atoms with Crippen LogP contribution in [0.4, 0.5) is 10.7 Å². The fraction of sp³-hybridized carbons (Fsp3) is 0.321. The number of carbonyl (C=O) groups is 1. The highest BCUT2D eigenvalue weighted by atomic mass is 35.5. The molecular weight excluding hydrogens is 478 g/mol. The molecule has 1 N–H and O–H groups in total. The Hall–Kier alpha value is -3.14. The van der Waals surface area contributed by atoms with E-state index in [1.807, 2.05) is 18.2 Å². The Morgan fingerprint density at radius 2 is 1.94 bits per heavy atom. The molecule has 1 amide bonds. The Kier molecular flexibility index (Phi) is 7.59. The molecule has 4 rings (SSSR count). The number of thiophene rings is 1. The van der Waals surface area contributed by atoms with E-state index in [4.69, 9.17) is 26.6 Å². The molecule has 1 heterocycles. The number of aliphatic imine (C=N–C) groups is 1. The summed E-state index contributed by atoms with van der Waals surface area (Å²) in [6.07, 6.45) is 4.66. The first kappa shape index (κ1) is 25.0. The lowest BCUT2D eigenvalue weighted by atomic mass is 9.72. The second-order valence-electron chi connectivity index (χ2n) is 9.72. The third-order valence-electron chi connectivity index (χ3n) is 6.31. The number of hydrogen-bond donors (Lipinski definition) is 1. The number of nitrogens with zero attached hydrogens (tertiary/aromatic N) is 2. The van der Waals surface area contributed by atoms with E-state index in [9.17, 15) is 4.79 Å². The van der Waals surface area contributed by atoms with Crippen LogP contribution < -0.4 is 10.1 Å². The zero-order chi connectivity index (χ0) is 25.0. The Bertz CT molecular complexity index is 1270. The maximum Gasteiger partial charge on any atom is 0.259 e. The Morgan fingerprint density at radius 1 is 1.23 bits per heavy atom. The van der Waals surface area contributed by atoms with Gasteiger partial charge in [-0.2, -0.15) is 5.26 Å². The van der Waals surface area contributed by atoms with Crippen LogP contribution in [0.5, 0.6) is 5.75 Å². The van der Waals surface area contributed by atoms with E-state index < -0.39 is 0 Å². The summed E-state index contributed by atoms with van der Waals surface area (Å²) in [5, 5.41) is 13.0. The third-order valence-corrected chi connectivity index (χ3v) is 7.73. The predicted molar refractivity (Wildman–Crippen MR) is 143 cm³/mol. The van der Waals surface area contributed by atoms with Crippen molar-refractivity contribution in [3.63, 3.8) is 0 Å². The number of fused-ring (bicyclic) bond motifs is 1. The number of ether oxygens (including phenoxy) is 1. The van der Waals surface area contributed by atoms with Gasteiger partial charge in [0, 0.05) is 21.8 Å². The van der Waals surface area contributed by atoms with Crippen LogP contribution in [0.3, 0.4) is 0 Å². The van der Waals surface area contributed by atoms with Crippen LogP contribution in [0.25, 0.3) is 0 Å². The number of carbonyl (C=O) groups excluding carboxylic acids is 1. The summed E-state index contributed by atoms with van der Waals surface area (Å²) < 4.78 is 5.32. The van der Waals surface area contributed by atoms with E-state index in [0.717, 1.165) is 35.4 Å². The minimum absolute atomic E-state index is 0.00976. The highest BCUT2D eigenvalue weighted by Gasteiger charge is 2.33. The molecule has 0 bridgehead atoms. The molecule has 0 unspecified atom stereocenters. The molecule has 1 atom stereocenters. The normalized spacial score (nSPS) is 15.5. The molecule has 1 aliphatic rings. The fourth-order valence-electron chi connectivity index (χ4n) is 4.26. The Labute approximate surface area is 215 Å². The summed E-state index contributed by atoms with van der Waals surface area (Å²) in [7, 11) is 0. The highest BCUT2D eigenvalue weighted by molar-refractivity contribution is 7.16. The average Bonchev–Trinajstić information content (AvgIpc) is 3.21. The van der Waals surface area contributed by atoms with Crippen LogP contribution in [0.2, 0.25) is 5.02 Å². The largest absolute Gasteiger partial charge is 0.479 e. The average molecular weight is 506 g/mol. The van der Waals surface area contributed by atoms with E-state index in [0.29, 0.717) is 27.9 Å². The van der Waals surface area contributed by atoms with E-state index >= 15 is 0 Å². The molecule has 35 heavy (non-hydrogen) atoms. The number of nitrogens with one attached hydrogen (secondary N) is 1. The van der Waals surface area contributed by atoms with Crippen molar-refractivity contribution in [1.29, 1.82) is 5.26 Å². The van der Waals surface area contributed by atoms with Crippen LogP contribution in [0.15, 0.2) is 53.5 Å². The minimum atomic E-state index is -0.147. The molecule has 2 aromatic carbocycles. The lowest BCUT2D eigenvalue weighted by Crippen LogP contribution is -2.27. The van der Waals surface area contributed by atoms with Crippen LogP contribution >= 0.6 is 22.9 Å². The van der Waals surface area contributed by atoms with Gasteiger partial charge in [0.15, 0.2) is 6.61 Å². The van der Waals surface area contributed by atoms with E-state index in [1.165, 1.54) is 4.88 Å². The number of amides is 1. The van der Waals surface area contributed by atoms with Crippen molar-refractivity contribution in [3.05, 3.63) is 75.1 Å². The van der Waals surface area contributed by atoms with E-state index in [-0.39, 0.29) is 17.9 Å². The SMILES string of the molecule is CC(C)(C)[C@H]1CCc2c(sc(N=Cc3ccc(OCC#N)cc3)c2C(=O)Nc2ccc(Cl)cc2)C1. The van der Waals surface area contributed by atoms with Gasteiger partial charge in [0.05, 0.1) is 5.56 Å². The Balaban J connectivity index is 1.64. The summed E-state index contributed by atoms with van der Waals surface area (Å²) in [4.78, 5) is 19.4. The number of halogens is 1. The van der Waals surface area contributed by atoms with Crippen molar-refractivity contribution in [2.75, 3.05) is 11.9 Å². The van der Waals surface area contributed by atoms with Crippen molar-refractivity contribution in [2.24, 2.45) is 16.3 Å². The fourth-order valence-corrected chi connectivity index (χ4v) is 5.66. The maximum absolute atomic E-state index is 13.4. The van der Waals surface area contributed by atoms with Crippen LogP contribution in [0.1, 0.15) is 53.6 Å². The van der Waals surface area contributed by atoms with Crippen molar-refractivity contribution in [3.8, 4) is 11.8 Å². The first-order valence-corrected chi connectivity index (χ1v) is 12.8. The van der Waals surface area contributed by atoms with Crippen LogP contribution in [-0.4, -0.2) is 18.7 Å². The van der Waals surface area contributed by atoms with E-state index in [1.54, 1.807) is 53.9 Å². The summed E-state index contributed by atoms with van der Waals surface area (Å²) >= 11 is 7.62. The van der Waals surface area contributed by atoms with Gasteiger partial charge in [0.2, 0.25) is 0 Å². The van der Waals surface area contributed by atoms with Gasteiger partial charge >= 0.3 is 0 Å². The van der Waals surface area contributed by atoms with Crippen LogP contribution in [0, 0.1) is 22.7 Å². The zero-order valence-electron chi connectivity index (χ0n) is 20.1. The molecule has 7 heteroatoms. The monoisotopic (exact) mass is 505 g/mol. The molecule has 3 aromatic rings. The number of rotatable bonds is 6. The van der Waals surface area contributed by atoms with Gasteiger partial charge in [-0.3, -0.25) is 4.79 Å². The van der Waals surface area contributed by atoms with Crippen LogP contribution in [-0.2, 0) is 12.8 Å². The molecular formula is C28H28ClN3O2S. The lowest BCUT2D eigenvalue weighted by molar-refractivity contribution is 0.102. The number of nitriles is 1. The quantitative estimate of drug-likeness (QED) is 0.353. The smallest absolute Gasteiger partial charge is 0.259 e. The van der Waals surface area contributed by atoms with Gasteiger partial charge in [-0.05, 0) is 90.3 Å². The molecule has 0 fully saturated rings. The molecule has 0 saturated carbocycles. The standard InChI is InChI=1S/C28H28ClN3O2S/c1-28(2,3)19-6-13-23-24(16-19)35-27(25(23)26(33)32-21-9-7-20(29)8-10-21)31-17-18-4-11-22(12-5-18)34-15-14-30/h4-5,7-12,17,19H,6,13,15-16H2,1-3H3,(H,32,33)/t19-/m0/s1. The number of anilines is 1. The van der Waals surface area contributed by atoms with Gasteiger partial charge in [-0.15, -0.1) is 11.3 Å². The van der Waals surface area contributed by atoms with Crippen molar-refractivity contribution >= 4 is 45.7 Å². The van der Waals surface area contributed by atoms with Crippen molar-refractivity contribution in [2.45, 2.75) is 40.0 Å². The summed E-state index contributed by atoms with van der Waals surface area (Å²) in [6, 6.07) is 16.5. The van der Waals surface area contributed by atoms with Gasteiger partial charge in [-0.1, -0.05) is 32.4 Å². The Morgan fingerprint density at radius 3 is 2.60 bits per heavy atom. The van der Waals surface area contributed by atoms with E-state index in [2.05, 4.69) is 26.1 Å². The summed E-state index contributed by atoms with van der Waals surface area (Å²) in [6.45, 7) is 6.87. The zero-order valence-corrected chi connectivity index (χ0v) is 21.7. The maximum atomic E-state index is 13.4. The van der Waals surface area contributed by atoms with Gasteiger partial charge in [0.1, 0.15) is 16.8 Å². The summed E-state index contributed by atoms with van der Waals surface area (Å²) in [5.41, 5.74) is 3.58. The van der Waals surface area contributed by atoms with Crippen molar-refractivity contribution < 1.29 is 9.53 Å².